The molecule has 0 saturated carbocycles. The van der Waals surface area contributed by atoms with Gasteiger partial charge in [0.2, 0.25) is 5.91 Å². The van der Waals surface area contributed by atoms with Crippen LogP contribution in [0.4, 0.5) is 18.9 Å². The topological polar surface area (TPSA) is 41.1 Å². The van der Waals surface area contributed by atoms with Gasteiger partial charge >= 0.3 is 5.51 Å². The highest BCUT2D eigenvalue weighted by atomic mass is 32.2. The third kappa shape index (κ3) is 3.52. The van der Waals surface area contributed by atoms with E-state index in [-0.39, 0.29) is 34.5 Å². The van der Waals surface area contributed by atoms with E-state index in [1.165, 1.54) is 24.3 Å². The fourth-order valence-electron chi connectivity index (χ4n) is 3.09. The molecule has 3 atom stereocenters. The summed E-state index contributed by atoms with van der Waals surface area (Å²) in [7, 11) is 0. The second-order valence-electron chi connectivity index (χ2n) is 5.45. The van der Waals surface area contributed by atoms with Crippen molar-refractivity contribution in [3.05, 3.63) is 24.3 Å². The molecule has 2 heterocycles. The van der Waals surface area contributed by atoms with Crippen molar-refractivity contribution in [2.24, 2.45) is 5.92 Å². The van der Waals surface area contributed by atoms with Gasteiger partial charge in [-0.15, -0.1) is 0 Å². The third-order valence-electron chi connectivity index (χ3n) is 3.99. The van der Waals surface area contributed by atoms with Crippen molar-refractivity contribution >= 4 is 23.4 Å². The summed E-state index contributed by atoms with van der Waals surface area (Å²) in [6.07, 6.45) is 2.99. The molecule has 7 heteroatoms. The van der Waals surface area contributed by atoms with Gasteiger partial charge in [-0.25, -0.2) is 0 Å². The summed E-state index contributed by atoms with van der Waals surface area (Å²) in [6.45, 7) is 0. The van der Waals surface area contributed by atoms with Gasteiger partial charge in [0.15, 0.2) is 0 Å². The molecule has 0 radical (unpaired) electrons. The molecule has 1 aromatic rings. The van der Waals surface area contributed by atoms with Crippen LogP contribution in [0.25, 0.3) is 0 Å². The minimum atomic E-state index is -4.29. The molecule has 2 fully saturated rings. The Kier molecular flexibility index (Phi) is 3.88. The number of nitrogens with one attached hydrogen (secondary N) is 2. The Morgan fingerprint density at radius 1 is 1.24 bits per heavy atom. The summed E-state index contributed by atoms with van der Waals surface area (Å²) in [5.74, 6) is -0.0844. The van der Waals surface area contributed by atoms with E-state index in [9.17, 15) is 18.0 Å². The minimum Gasteiger partial charge on any atom is -0.326 e. The molecule has 1 aromatic carbocycles. The minimum absolute atomic E-state index is 0.0343. The molecule has 2 saturated heterocycles. The number of hydrogen-bond donors (Lipinski definition) is 2. The van der Waals surface area contributed by atoms with Gasteiger partial charge in [-0.3, -0.25) is 4.79 Å². The fraction of sp³-hybridized carbons (Fsp3) is 0.500. The molecule has 21 heavy (non-hydrogen) atoms. The highest BCUT2D eigenvalue weighted by Crippen LogP contribution is 2.37. The van der Waals surface area contributed by atoms with Crippen LogP contribution in [0.5, 0.6) is 0 Å². The summed E-state index contributed by atoms with van der Waals surface area (Å²) in [5.41, 5.74) is -3.76. The smallest absolute Gasteiger partial charge is 0.326 e. The van der Waals surface area contributed by atoms with Gasteiger partial charge in [0.1, 0.15) is 0 Å². The van der Waals surface area contributed by atoms with Crippen LogP contribution in [0.3, 0.4) is 0 Å². The van der Waals surface area contributed by atoms with E-state index in [2.05, 4.69) is 10.6 Å². The molecular formula is C14H15F3N2OS. The first kappa shape index (κ1) is 14.7. The Hall–Kier alpha value is -1.21. The number of hydrogen-bond acceptors (Lipinski definition) is 3. The zero-order valence-electron chi connectivity index (χ0n) is 11.1. The largest absolute Gasteiger partial charge is 0.446 e. The van der Waals surface area contributed by atoms with E-state index in [4.69, 9.17) is 0 Å². The van der Waals surface area contributed by atoms with Crippen molar-refractivity contribution in [2.75, 3.05) is 5.32 Å². The molecule has 114 valence electrons. The second-order valence-corrected chi connectivity index (χ2v) is 6.59. The van der Waals surface area contributed by atoms with E-state index in [0.717, 1.165) is 19.3 Å². The number of benzene rings is 1. The van der Waals surface area contributed by atoms with Crippen LogP contribution in [0.15, 0.2) is 29.2 Å². The van der Waals surface area contributed by atoms with E-state index < -0.39 is 5.51 Å². The number of carbonyl (C=O) groups excluding carboxylic acids is 1. The van der Waals surface area contributed by atoms with Crippen molar-refractivity contribution in [3.8, 4) is 0 Å². The van der Waals surface area contributed by atoms with Gasteiger partial charge in [0.05, 0.1) is 5.92 Å². The van der Waals surface area contributed by atoms with E-state index in [1.54, 1.807) is 0 Å². The molecule has 3 unspecified atom stereocenters. The maximum absolute atomic E-state index is 12.2. The molecule has 3 nitrogen and oxygen atoms in total. The number of fused-ring (bicyclic) bond motifs is 2. The average molecular weight is 316 g/mol. The van der Waals surface area contributed by atoms with Crippen LogP contribution in [0.2, 0.25) is 0 Å². The number of anilines is 1. The number of amides is 1. The average Bonchev–Trinajstić information content (AvgIpc) is 3.01. The first-order valence-corrected chi connectivity index (χ1v) is 7.65. The van der Waals surface area contributed by atoms with Crippen molar-refractivity contribution in [3.63, 3.8) is 0 Å². The molecule has 1 amide bonds. The SMILES string of the molecule is O=C(Nc1ccc(SC(F)(F)F)cc1)C1CC2CCC1N2. The summed E-state index contributed by atoms with van der Waals surface area (Å²) >= 11 is -0.159. The molecule has 2 bridgehead atoms. The second kappa shape index (κ2) is 5.53. The van der Waals surface area contributed by atoms with Crippen molar-refractivity contribution in [1.82, 2.24) is 5.32 Å². The molecule has 2 aliphatic rings. The zero-order chi connectivity index (χ0) is 15.0. The van der Waals surface area contributed by atoms with Gasteiger partial charge < -0.3 is 10.6 Å². The van der Waals surface area contributed by atoms with Gasteiger partial charge in [-0.05, 0) is 55.3 Å². The van der Waals surface area contributed by atoms with Crippen molar-refractivity contribution in [2.45, 2.75) is 41.7 Å². The number of rotatable bonds is 3. The van der Waals surface area contributed by atoms with Crippen LogP contribution < -0.4 is 10.6 Å². The molecule has 2 aliphatic heterocycles. The van der Waals surface area contributed by atoms with Crippen LogP contribution in [0.1, 0.15) is 19.3 Å². The molecule has 2 N–H and O–H groups in total. The first-order chi connectivity index (χ1) is 9.90. The highest BCUT2D eigenvalue weighted by Gasteiger charge is 2.42. The Balaban J connectivity index is 1.59. The Morgan fingerprint density at radius 2 is 1.95 bits per heavy atom. The summed E-state index contributed by atoms with van der Waals surface area (Å²) < 4.78 is 36.7. The monoisotopic (exact) mass is 316 g/mol. The van der Waals surface area contributed by atoms with E-state index in [1.807, 2.05) is 0 Å². The van der Waals surface area contributed by atoms with Crippen LogP contribution in [-0.4, -0.2) is 23.5 Å². The van der Waals surface area contributed by atoms with Crippen molar-refractivity contribution < 1.29 is 18.0 Å². The molecule has 0 aromatic heterocycles. The van der Waals surface area contributed by atoms with Crippen LogP contribution in [-0.2, 0) is 4.79 Å². The maximum Gasteiger partial charge on any atom is 0.446 e. The number of carbonyl (C=O) groups is 1. The van der Waals surface area contributed by atoms with Gasteiger partial charge in [-0.2, -0.15) is 13.2 Å². The molecule has 0 spiro atoms. The lowest BCUT2D eigenvalue weighted by molar-refractivity contribution is -0.120. The molecular weight excluding hydrogens is 301 g/mol. The Morgan fingerprint density at radius 3 is 2.48 bits per heavy atom. The Labute approximate surface area is 124 Å². The lowest BCUT2D eigenvalue weighted by Crippen LogP contribution is -2.32. The predicted octanol–water partition coefficient (Wildman–Crippen LogP) is 3.38. The molecule has 0 aliphatic carbocycles. The predicted molar refractivity (Wildman–Crippen MR) is 75.0 cm³/mol. The highest BCUT2D eigenvalue weighted by molar-refractivity contribution is 8.00. The standard InChI is InChI=1S/C14H15F3N2OS/c15-14(16,17)21-10-4-1-8(2-5-10)19-13(20)11-7-9-3-6-12(11)18-9/h1-2,4-5,9,11-12,18H,3,6-7H2,(H,19,20). The first-order valence-electron chi connectivity index (χ1n) is 6.83. The van der Waals surface area contributed by atoms with Gasteiger partial charge in [-0.1, -0.05) is 0 Å². The summed E-state index contributed by atoms with van der Waals surface area (Å²) in [4.78, 5) is 12.3. The maximum atomic E-state index is 12.2. The number of thioether (sulfide) groups is 1. The van der Waals surface area contributed by atoms with Crippen LogP contribution >= 0.6 is 11.8 Å². The van der Waals surface area contributed by atoms with Crippen molar-refractivity contribution in [1.29, 1.82) is 0 Å². The van der Waals surface area contributed by atoms with E-state index >= 15 is 0 Å². The summed E-state index contributed by atoms with van der Waals surface area (Å²) in [5, 5.41) is 6.18. The lowest BCUT2D eigenvalue weighted by Gasteiger charge is -2.19. The summed E-state index contributed by atoms with van der Waals surface area (Å²) in [6, 6.07) is 6.44. The quantitative estimate of drug-likeness (QED) is 0.840. The normalized spacial score (nSPS) is 27.9. The number of alkyl halides is 3. The van der Waals surface area contributed by atoms with Gasteiger partial charge in [0.25, 0.3) is 0 Å². The van der Waals surface area contributed by atoms with E-state index in [0.29, 0.717) is 11.7 Å². The number of halogens is 3. The Bertz CT molecular complexity index is 532. The third-order valence-corrected chi connectivity index (χ3v) is 4.73. The van der Waals surface area contributed by atoms with Crippen LogP contribution in [0, 0.1) is 5.92 Å². The lowest BCUT2D eigenvalue weighted by atomic mass is 9.88. The molecule has 3 rings (SSSR count). The zero-order valence-corrected chi connectivity index (χ0v) is 11.9. The fourth-order valence-corrected chi connectivity index (χ4v) is 3.63. The van der Waals surface area contributed by atoms with Gasteiger partial charge in [0, 0.05) is 22.7 Å².